The van der Waals surface area contributed by atoms with E-state index in [9.17, 15) is 0 Å². The molecule has 0 radical (unpaired) electrons. The fraction of sp³-hybridized carbons (Fsp3) is 1.00. The van der Waals surface area contributed by atoms with Crippen LogP contribution in [0.2, 0.25) is 76.7 Å². The summed E-state index contributed by atoms with van der Waals surface area (Å²) in [7, 11) is -9.27. The summed E-state index contributed by atoms with van der Waals surface area (Å²) in [4.78, 5) is 0. The molecule has 31 heavy (non-hydrogen) atoms. The van der Waals surface area contributed by atoms with Gasteiger partial charge in [-0.15, -0.1) is 0 Å². The molecule has 0 amide bonds. The summed E-state index contributed by atoms with van der Waals surface area (Å²) < 4.78 is 28.6. The standard InChI is InChI=1S/C21H55NO4Si5/c1-15-23-31(24-16-2,25-17-3)21(4)30(13,14)26-29(11,12)20-18-19-22(27(5,6)7)28(8,9)10/h21H,15-20H2,1-14H3. The van der Waals surface area contributed by atoms with Crippen LogP contribution in [0.25, 0.3) is 0 Å². The van der Waals surface area contributed by atoms with Crippen LogP contribution < -0.4 is 0 Å². The van der Waals surface area contributed by atoms with Gasteiger partial charge in [0.05, 0.1) is 0 Å². The van der Waals surface area contributed by atoms with Crippen molar-refractivity contribution < 1.29 is 17.4 Å². The van der Waals surface area contributed by atoms with E-state index in [1.807, 2.05) is 20.8 Å². The molecule has 5 nitrogen and oxygen atoms in total. The average molecular weight is 526 g/mol. The molecule has 0 saturated heterocycles. The van der Waals surface area contributed by atoms with E-state index >= 15 is 0 Å². The van der Waals surface area contributed by atoms with Gasteiger partial charge in [0.2, 0.25) is 0 Å². The Morgan fingerprint density at radius 1 is 0.677 bits per heavy atom. The summed E-state index contributed by atoms with van der Waals surface area (Å²) in [5.74, 6) is 0. The normalized spacial score (nSPS) is 15.6. The van der Waals surface area contributed by atoms with Gasteiger partial charge in [-0.05, 0) is 66.0 Å². The van der Waals surface area contributed by atoms with Crippen molar-refractivity contribution in [2.75, 3.05) is 26.4 Å². The van der Waals surface area contributed by atoms with Crippen molar-refractivity contribution >= 4 is 41.9 Å². The van der Waals surface area contributed by atoms with E-state index in [0.29, 0.717) is 19.8 Å². The summed E-state index contributed by atoms with van der Waals surface area (Å²) >= 11 is 0. The molecule has 0 aromatic carbocycles. The minimum atomic E-state index is -2.77. The third-order valence-electron chi connectivity index (χ3n) is 5.93. The zero-order valence-corrected chi connectivity index (χ0v) is 28.4. The second kappa shape index (κ2) is 12.5. The van der Waals surface area contributed by atoms with E-state index in [0.717, 1.165) is 0 Å². The van der Waals surface area contributed by atoms with Crippen LogP contribution in [0, 0.1) is 0 Å². The molecule has 0 rings (SSSR count). The maximum Gasteiger partial charge on any atom is 0.503 e. The maximum atomic E-state index is 7.06. The molecule has 0 aliphatic carbocycles. The van der Waals surface area contributed by atoms with E-state index in [1.54, 1.807) is 0 Å². The number of nitrogens with zero attached hydrogens (tertiary/aromatic N) is 1. The molecule has 10 heteroatoms. The molecule has 188 valence electrons. The van der Waals surface area contributed by atoms with Crippen molar-refractivity contribution in [3.05, 3.63) is 0 Å². The van der Waals surface area contributed by atoms with Gasteiger partial charge in [0.25, 0.3) is 0 Å². The van der Waals surface area contributed by atoms with Gasteiger partial charge in [0.1, 0.15) is 16.5 Å². The smallest absolute Gasteiger partial charge is 0.455 e. The average Bonchev–Trinajstić information content (AvgIpc) is 2.55. The molecule has 0 N–H and O–H groups in total. The fourth-order valence-corrected chi connectivity index (χ4v) is 29.1. The van der Waals surface area contributed by atoms with Crippen LogP contribution in [0.5, 0.6) is 0 Å². The first kappa shape index (κ1) is 31.9. The highest BCUT2D eigenvalue weighted by atomic mass is 28.5. The van der Waals surface area contributed by atoms with Crippen molar-refractivity contribution in [2.24, 2.45) is 0 Å². The summed E-state index contributed by atoms with van der Waals surface area (Å²) in [5, 5.41) is 0.201. The highest BCUT2D eigenvalue weighted by Crippen LogP contribution is 2.37. The van der Waals surface area contributed by atoms with E-state index in [-0.39, 0.29) is 5.16 Å². The highest BCUT2D eigenvalue weighted by Gasteiger charge is 2.56. The largest absolute Gasteiger partial charge is 0.503 e. The zero-order valence-electron chi connectivity index (χ0n) is 23.4. The Hall–Kier alpha value is 0.884. The minimum absolute atomic E-state index is 0.201. The summed E-state index contributed by atoms with van der Waals surface area (Å²) in [6.45, 7) is 35.8. The van der Waals surface area contributed by atoms with Gasteiger partial charge >= 0.3 is 8.80 Å². The molecular weight excluding hydrogens is 471 g/mol. The van der Waals surface area contributed by atoms with Crippen LogP contribution in [0.1, 0.15) is 34.1 Å². The van der Waals surface area contributed by atoms with Gasteiger partial charge in [0.15, 0.2) is 16.6 Å². The summed E-state index contributed by atoms with van der Waals surface area (Å²) in [6, 6.07) is 1.20. The number of hydrogen-bond donors (Lipinski definition) is 0. The van der Waals surface area contributed by atoms with Crippen molar-refractivity contribution in [1.29, 1.82) is 0 Å². The highest BCUT2D eigenvalue weighted by molar-refractivity contribution is 6.93. The summed E-state index contributed by atoms with van der Waals surface area (Å²) in [6.07, 6.45) is 1.23. The van der Waals surface area contributed by atoms with E-state index in [4.69, 9.17) is 17.4 Å². The fourth-order valence-electron chi connectivity index (χ4n) is 4.72. The first-order chi connectivity index (χ1) is 13.9. The monoisotopic (exact) mass is 525 g/mol. The van der Waals surface area contributed by atoms with E-state index < -0.39 is 41.9 Å². The molecular formula is C21H55NO4Si5. The Morgan fingerprint density at radius 3 is 1.39 bits per heavy atom. The topological polar surface area (TPSA) is 40.2 Å². The second-order valence-electron chi connectivity index (χ2n) is 11.7. The lowest BCUT2D eigenvalue weighted by Crippen LogP contribution is -2.61. The molecule has 0 aromatic rings. The Labute approximate surface area is 200 Å². The van der Waals surface area contributed by atoms with Gasteiger partial charge < -0.3 is 21.6 Å². The Balaban J connectivity index is 5.35. The molecule has 1 unspecified atom stereocenters. The van der Waals surface area contributed by atoms with E-state index in [1.165, 1.54) is 19.0 Å². The van der Waals surface area contributed by atoms with E-state index in [2.05, 4.69) is 76.6 Å². The van der Waals surface area contributed by atoms with Gasteiger partial charge in [-0.2, -0.15) is 0 Å². The van der Waals surface area contributed by atoms with Gasteiger partial charge in [0, 0.05) is 25.0 Å². The first-order valence-electron chi connectivity index (χ1n) is 12.3. The van der Waals surface area contributed by atoms with Gasteiger partial charge in [-0.3, -0.25) is 0 Å². The van der Waals surface area contributed by atoms with Crippen molar-refractivity contribution in [1.82, 2.24) is 4.23 Å². The Morgan fingerprint density at radius 2 is 1.06 bits per heavy atom. The Kier molecular flexibility index (Phi) is 12.9. The van der Waals surface area contributed by atoms with Crippen LogP contribution >= 0.6 is 0 Å². The van der Waals surface area contributed by atoms with Crippen LogP contribution in [-0.2, 0) is 17.4 Å². The quantitative estimate of drug-likeness (QED) is 0.208. The molecule has 0 heterocycles. The number of hydrogen-bond acceptors (Lipinski definition) is 5. The Bertz CT molecular complexity index is 490. The van der Waals surface area contributed by atoms with Gasteiger partial charge in [-0.25, -0.2) is 0 Å². The van der Waals surface area contributed by atoms with Crippen LogP contribution in [0.15, 0.2) is 0 Å². The second-order valence-corrected chi connectivity index (χ2v) is 34.3. The SMILES string of the molecule is CCO[Si](OCC)(OCC)C(C)[Si](C)(C)O[Si](C)(C)CCCN([Si](C)(C)C)[Si](C)(C)C. The third kappa shape index (κ3) is 10.4. The lowest BCUT2D eigenvalue weighted by Gasteiger charge is -2.45. The molecule has 0 bridgehead atoms. The number of rotatable bonds is 16. The third-order valence-corrected chi connectivity index (χ3v) is 27.9. The van der Waals surface area contributed by atoms with Crippen molar-refractivity contribution in [2.45, 2.75) is 111 Å². The maximum absolute atomic E-state index is 7.06. The predicted molar refractivity (Wildman–Crippen MR) is 149 cm³/mol. The molecule has 0 aliphatic rings. The minimum Gasteiger partial charge on any atom is -0.455 e. The van der Waals surface area contributed by atoms with Crippen molar-refractivity contribution in [3.8, 4) is 0 Å². The molecule has 0 spiro atoms. The van der Waals surface area contributed by atoms with Gasteiger partial charge in [-0.1, -0.05) is 46.2 Å². The molecule has 0 fully saturated rings. The zero-order chi connectivity index (χ0) is 24.7. The van der Waals surface area contributed by atoms with Crippen LogP contribution in [0.4, 0.5) is 0 Å². The molecule has 0 saturated carbocycles. The molecule has 1 atom stereocenters. The lowest BCUT2D eigenvalue weighted by atomic mass is 10.5. The molecule has 0 aliphatic heterocycles. The van der Waals surface area contributed by atoms with Crippen molar-refractivity contribution in [3.63, 3.8) is 0 Å². The van der Waals surface area contributed by atoms with Crippen LogP contribution in [0.3, 0.4) is 0 Å². The molecule has 0 aromatic heterocycles. The first-order valence-corrected chi connectivity index (χ1v) is 27.1. The van der Waals surface area contributed by atoms with Crippen LogP contribution in [-0.4, -0.2) is 72.5 Å². The lowest BCUT2D eigenvalue weighted by molar-refractivity contribution is 0.0675. The predicted octanol–water partition coefficient (Wildman–Crippen LogP) is 6.75. The summed E-state index contributed by atoms with van der Waals surface area (Å²) in [5.41, 5.74) is 0.